The lowest BCUT2D eigenvalue weighted by Gasteiger charge is -2.29. The lowest BCUT2D eigenvalue weighted by Crippen LogP contribution is -2.50. The molecule has 1 saturated heterocycles. The molecule has 1 fully saturated rings. The number of hydrogen-bond acceptors (Lipinski definition) is 8. The Kier molecular flexibility index (Phi) is 10.1. The lowest BCUT2D eigenvalue weighted by molar-refractivity contribution is -0.145. The van der Waals surface area contributed by atoms with E-state index in [1.165, 1.54) is 5.06 Å². The molecule has 1 amide bonds. The van der Waals surface area contributed by atoms with Gasteiger partial charge in [0.05, 0.1) is 25.3 Å². The molecule has 0 aromatic heterocycles. The molecule has 2 aromatic carbocycles. The molecule has 2 aromatic rings. The van der Waals surface area contributed by atoms with Gasteiger partial charge in [-0.2, -0.15) is 0 Å². The molecule has 1 N–H and O–H groups in total. The van der Waals surface area contributed by atoms with Gasteiger partial charge in [-0.25, -0.2) is 4.79 Å². The molecule has 0 spiro atoms. The van der Waals surface area contributed by atoms with Gasteiger partial charge in [-0.15, -0.1) is 5.06 Å². The van der Waals surface area contributed by atoms with E-state index in [1.54, 1.807) is 52.1 Å². The van der Waals surface area contributed by atoms with E-state index >= 15 is 0 Å². The van der Waals surface area contributed by atoms with Gasteiger partial charge < -0.3 is 29.1 Å². The van der Waals surface area contributed by atoms with Crippen LogP contribution in [-0.4, -0.2) is 61.9 Å². The van der Waals surface area contributed by atoms with Crippen LogP contribution in [-0.2, 0) is 25.7 Å². The van der Waals surface area contributed by atoms with Gasteiger partial charge in [0.1, 0.15) is 11.4 Å². The summed E-state index contributed by atoms with van der Waals surface area (Å²) in [6.07, 6.45) is 0.365. The van der Waals surface area contributed by atoms with E-state index in [4.69, 9.17) is 23.8 Å². The molecular formula is C27H36N2O7. The molecule has 2 atom stereocenters. The van der Waals surface area contributed by atoms with Crippen LogP contribution in [0, 0.1) is 0 Å². The van der Waals surface area contributed by atoms with E-state index in [1.807, 2.05) is 30.3 Å². The molecule has 0 saturated carbocycles. The predicted molar refractivity (Wildman–Crippen MR) is 133 cm³/mol. The van der Waals surface area contributed by atoms with Gasteiger partial charge in [0, 0.05) is 19.2 Å². The largest absolute Gasteiger partial charge is 0.528 e. The highest BCUT2D eigenvalue weighted by Crippen LogP contribution is 2.20. The number of methoxy groups -OCH3 is 1. The number of ether oxygens (including phenoxy) is 4. The second kappa shape index (κ2) is 13.2. The molecule has 36 heavy (non-hydrogen) atoms. The summed E-state index contributed by atoms with van der Waals surface area (Å²) in [7, 11) is 1.54. The Balaban J connectivity index is 1.70. The van der Waals surface area contributed by atoms with Crippen molar-refractivity contribution in [3.8, 4) is 5.75 Å². The molecule has 1 aliphatic heterocycles. The molecule has 0 aliphatic carbocycles. The normalized spacial score (nSPS) is 18.7. The number of amides is 1. The van der Waals surface area contributed by atoms with Crippen molar-refractivity contribution in [3.63, 3.8) is 0 Å². The Morgan fingerprint density at radius 2 is 1.78 bits per heavy atom. The fourth-order valence-corrected chi connectivity index (χ4v) is 3.75. The van der Waals surface area contributed by atoms with Gasteiger partial charge in [0.15, 0.2) is 6.79 Å². The summed E-state index contributed by atoms with van der Waals surface area (Å²) in [5, 5.41) is 4.61. The second-order valence-corrected chi connectivity index (χ2v) is 9.58. The van der Waals surface area contributed by atoms with Crippen molar-refractivity contribution >= 4 is 12.1 Å². The number of carbonyl (C=O) groups is 2. The summed E-state index contributed by atoms with van der Waals surface area (Å²) in [5.74, 6) is 0.342. The molecule has 1 aliphatic rings. The number of nitrogens with one attached hydrogen (secondary N) is 1. The maximum atomic E-state index is 13.1. The highest BCUT2D eigenvalue weighted by atomic mass is 16.8. The third kappa shape index (κ3) is 9.14. The number of nitrogens with zero attached hydrogens (tertiary/aromatic N) is 1. The van der Waals surface area contributed by atoms with Gasteiger partial charge in [-0.3, -0.25) is 4.79 Å². The first-order valence-electron chi connectivity index (χ1n) is 12.1. The summed E-state index contributed by atoms with van der Waals surface area (Å²) in [6.45, 7) is 6.63. The van der Waals surface area contributed by atoms with Crippen LogP contribution < -0.4 is 10.1 Å². The van der Waals surface area contributed by atoms with Crippen molar-refractivity contribution in [2.24, 2.45) is 0 Å². The lowest BCUT2D eigenvalue weighted by atomic mass is 10.1. The van der Waals surface area contributed by atoms with Crippen molar-refractivity contribution in [1.82, 2.24) is 10.4 Å². The van der Waals surface area contributed by atoms with Crippen LogP contribution in [0.5, 0.6) is 5.75 Å². The summed E-state index contributed by atoms with van der Waals surface area (Å²) >= 11 is 0. The van der Waals surface area contributed by atoms with Crippen LogP contribution in [0.4, 0.5) is 4.79 Å². The van der Waals surface area contributed by atoms with Gasteiger partial charge in [0.2, 0.25) is 0 Å². The number of carbonyl (C=O) groups excluding carboxylic acids is 2. The zero-order valence-electron chi connectivity index (χ0n) is 21.4. The maximum Gasteiger partial charge on any atom is 0.528 e. The fourth-order valence-electron chi connectivity index (χ4n) is 3.75. The molecule has 196 valence electrons. The van der Waals surface area contributed by atoms with E-state index in [-0.39, 0.29) is 25.3 Å². The van der Waals surface area contributed by atoms with Crippen LogP contribution in [0.2, 0.25) is 0 Å². The van der Waals surface area contributed by atoms with Crippen molar-refractivity contribution in [2.75, 3.05) is 27.0 Å². The van der Waals surface area contributed by atoms with E-state index < -0.39 is 17.8 Å². The standard InChI is InChI=1S/C27H36N2O7/c1-27(2,3)35-26(31)36-29-16-8-11-24(33-18-20-9-6-5-7-10-20)23(17-29)28-25(30)21-12-14-22(15-13-21)34-19-32-4/h5-7,9-10,12-15,23-24H,8,11,16-19H2,1-4H3,(H,28,30)/t23-,24-/m1/s1. The van der Waals surface area contributed by atoms with E-state index in [2.05, 4.69) is 5.32 Å². The summed E-state index contributed by atoms with van der Waals surface area (Å²) < 4.78 is 21.8. The molecule has 1 heterocycles. The topological polar surface area (TPSA) is 95.6 Å². The summed E-state index contributed by atoms with van der Waals surface area (Å²) in [5.41, 5.74) is 0.850. The first-order chi connectivity index (χ1) is 17.2. The van der Waals surface area contributed by atoms with Crippen LogP contribution in [0.3, 0.4) is 0 Å². The van der Waals surface area contributed by atoms with E-state index in [9.17, 15) is 9.59 Å². The zero-order chi connectivity index (χ0) is 26.0. The molecule has 9 heteroatoms. The first-order valence-corrected chi connectivity index (χ1v) is 12.1. The summed E-state index contributed by atoms with van der Waals surface area (Å²) in [6, 6.07) is 16.2. The minimum absolute atomic E-state index is 0.127. The SMILES string of the molecule is COCOc1ccc(C(=O)N[C@@H]2CN(OC(=O)OC(C)(C)C)CCC[C@H]2OCc2ccccc2)cc1. The second-order valence-electron chi connectivity index (χ2n) is 9.58. The Hall–Kier alpha value is -3.14. The number of rotatable bonds is 9. The smallest absolute Gasteiger partial charge is 0.468 e. The average molecular weight is 501 g/mol. The van der Waals surface area contributed by atoms with Crippen LogP contribution in [0.15, 0.2) is 54.6 Å². The molecule has 0 unspecified atom stereocenters. The highest BCUT2D eigenvalue weighted by molar-refractivity contribution is 5.94. The van der Waals surface area contributed by atoms with Gasteiger partial charge in [-0.05, 0) is 63.4 Å². The monoisotopic (exact) mass is 500 g/mol. The zero-order valence-corrected chi connectivity index (χ0v) is 21.4. The van der Waals surface area contributed by atoms with Crippen molar-refractivity contribution < 1.29 is 33.4 Å². The van der Waals surface area contributed by atoms with Crippen molar-refractivity contribution in [2.45, 2.75) is 58.0 Å². The Labute approximate surface area is 212 Å². The van der Waals surface area contributed by atoms with Gasteiger partial charge >= 0.3 is 6.16 Å². The molecule has 0 bridgehead atoms. The molecule has 9 nitrogen and oxygen atoms in total. The van der Waals surface area contributed by atoms with Crippen LogP contribution >= 0.6 is 0 Å². The Morgan fingerprint density at radius 1 is 1.06 bits per heavy atom. The summed E-state index contributed by atoms with van der Waals surface area (Å²) in [4.78, 5) is 30.8. The van der Waals surface area contributed by atoms with Crippen LogP contribution in [0.1, 0.15) is 49.5 Å². The van der Waals surface area contributed by atoms with Crippen molar-refractivity contribution in [3.05, 3.63) is 65.7 Å². The number of hydrogen-bond donors (Lipinski definition) is 1. The number of hydroxylamine groups is 2. The first kappa shape index (κ1) is 27.4. The molecular weight excluding hydrogens is 464 g/mol. The van der Waals surface area contributed by atoms with Gasteiger partial charge in [-0.1, -0.05) is 30.3 Å². The number of benzene rings is 2. The predicted octanol–water partition coefficient (Wildman–Crippen LogP) is 4.32. The van der Waals surface area contributed by atoms with Gasteiger partial charge in [0.25, 0.3) is 5.91 Å². The van der Waals surface area contributed by atoms with Crippen molar-refractivity contribution in [1.29, 1.82) is 0 Å². The quantitative estimate of drug-likeness (QED) is 0.402. The average Bonchev–Trinajstić information content (AvgIpc) is 3.02. The molecule has 0 radical (unpaired) electrons. The maximum absolute atomic E-state index is 13.1. The third-order valence-electron chi connectivity index (χ3n) is 5.42. The van der Waals surface area contributed by atoms with Crippen LogP contribution in [0.25, 0.3) is 0 Å². The third-order valence-corrected chi connectivity index (χ3v) is 5.42. The Morgan fingerprint density at radius 3 is 2.44 bits per heavy atom. The fraction of sp³-hybridized carbons (Fsp3) is 0.481. The minimum atomic E-state index is -0.775. The Bertz CT molecular complexity index is 960. The van der Waals surface area contributed by atoms with E-state index in [0.717, 1.165) is 12.0 Å². The van der Waals surface area contributed by atoms with E-state index in [0.29, 0.717) is 30.9 Å². The minimum Gasteiger partial charge on any atom is -0.468 e. The molecule has 3 rings (SSSR count). The highest BCUT2D eigenvalue weighted by Gasteiger charge is 2.32.